The minimum atomic E-state index is -4.25. The first-order chi connectivity index (χ1) is 13.9. The first kappa shape index (κ1) is 23.5. The van der Waals surface area contributed by atoms with Gasteiger partial charge < -0.3 is 19.2 Å². The fraction of sp³-hybridized carbons (Fsp3) is 0.316. The van der Waals surface area contributed by atoms with E-state index < -0.39 is 13.8 Å². The molecule has 0 fully saturated rings. The van der Waals surface area contributed by atoms with E-state index in [0.29, 0.717) is 22.3 Å². The Bertz CT molecular complexity index is 956. The number of phenols is 1. The quantitative estimate of drug-likeness (QED) is 0.292. The number of aromatic hydroxyl groups is 1. The highest BCUT2D eigenvalue weighted by atomic mass is 31.2. The highest BCUT2D eigenvalue weighted by molar-refractivity contribution is 7.47. The summed E-state index contributed by atoms with van der Waals surface area (Å²) in [4.78, 5) is 20.6. The number of phosphoric acid groups is 1. The Morgan fingerprint density at radius 1 is 1.10 bits per heavy atom. The number of carboxylic acid groups (broad SMARTS) is 1. The van der Waals surface area contributed by atoms with Crippen LogP contribution in [-0.2, 0) is 20.3 Å². The van der Waals surface area contributed by atoms with Crippen LogP contribution < -0.4 is 4.52 Å². The number of rotatable bonds is 10. The van der Waals surface area contributed by atoms with Crippen LogP contribution in [0.4, 0.5) is 11.4 Å². The van der Waals surface area contributed by atoms with Crippen molar-refractivity contribution in [3.05, 3.63) is 48.0 Å². The van der Waals surface area contributed by atoms with E-state index in [9.17, 15) is 19.4 Å². The summed E-state index contributed by atoms with van der Waals surface area (Å²) in [6.45, 7) is 0.599. The van der Waals surface area contributed by atoms with Crippen LogP contribution in [0.5, 0.6) is 11.5 Å². The van der Waals surface area contributed by atoms with E-state index in [-0.39, 0.29) is 30.2 Å². The monoisotopic (exact) mass is 438 g/mol. The summed E-state index contributed by atoms with van der Waals surface area (Å²) in [5, 5.41) is 26.6. The smallest absolute Gasteiger partial charge is 0.506 e. The Morgan fingerprint density at radius 3 is 2.37 bits per heavy atom. The standard InChI is InChI=1S/C19H24N3O7P/c1-22(2,3)10-11-28-30(26,27)29-16-7-5-15(6-8-16)20-21-17-12-14(13-19(24)25)4-9-18(17)23/h4-9,12H,10-11,13H2,1-3H3,(H2-,20,23,24,25,26,27)/p+1. The van der Waals surface area contributed by atoms with Crippen molar-refractivity contribution in [3.8, 4) is 11.5 Å². The van der Waals surface area contributed by atoms with E-state index >= 15 is 0 Å². The molecule has 0 aliphatic rings. The van der Waals surface area contributed by atoms with E-state index in [4.69, 9.17) is 14.2 Å². The van der Waals surface area contributed by atoms with Gasteiger partial charge in [0.25, 0.3) is 0 Å². The molecule has 0 aliphatic carbocycles. The molecule has 0 heterocycles. The van der Waals surface area contributed by atoms with Crippen molar-refractivity contribution in [2.45, 2.75) is 6.42 Å². The Morgan fingerprint density at radius 2 is 1.77 bits per heavy atom. The molecule has 11 heteroatoms. The van der Waals surface area contributed by atoms with Crippen LogP contribution in [0.15, 0.2) is 52.7 Å². The first-order valence-electron chi connectivity index (χ1n) is 8.96. The van der Waals surface area contributed by atoms with E-state index in [1.165, 1.54) is 42.5 Å². The molecule has 0 amide bonds. The van der Waals surface area contributed by atoms with Crippen LogP contribution in [0.25, 0.3) is 0 Å². The number of quaternary nitrogens is 1. The lowest BCUT2D eigenvalue weighted by Crippen LogP contribution is -2.37. The number of hydrogen-bond acceptors (Lipinski definition) is 7. The molecule has 0 saturated carbocycles. The van der Waals surface area contributed by atoms with Gasteiger partial charge in [0.15, 0.2) is 0 Å². The second-order valence-corrected chi connectivity index (χ2v) is 8.87. The average Bonchev–Trinajstić information content (AvgIpc) is 2.61. The number of aliphatic carboxylic acids is 1. The highest BCUT2D eigenvalue weighted by Gasteiger charge is 2.24. The van der Waals surface area contributed by atoms with Gasteiger partial charge in [0, 0.05) is 0 Å². The van der Waals surface area contributed by atoms with Crippen LogP contribution in [0.1, 0.15) is 5.56 Å². The molecule has 10 nitrogen and oxygen atoms in total. The third-order valence-corrected chi connectivity index (χ3v) is 4.69. The molecular weight excluding hydrogens is 413 g/mol. The van der Waals surface area contributed by atoms with Gasteiger partial charge in [-0.2, -0.15) is 5.11 Å². The summed E-state index contributed by atoms with van der Waals surface area (Å²) < 4.78 is 22.6. The van der Waals surface area contributed by atoms with Gasteiger partial charge in [-0.3, -0.25) is 14.2 Å². The van der Waals surface area contributed by atoms with Gasteiger partial charge in [-0.25, -0.2) is 4.57 Å². The minimum absolute atomic E-state index is 0.0635. The number of carboxylic acids is 1. The highest BCUT2D eigenvalue weighted by Crippen LogP contribution is 2.44. The average molecular weight is 438 g/mol. The molecular formula is C19H25N3O7P+. The topological polar surface area (TPSA) is 138 Å². The molecule has 0 aromatic heterocycles. The van der Waals surface area contributed by atoms with E-state index in [1.54, 1.807) is 0 Å². The Labute approximate surface area is 174 Å². The molecule has 2 aromatic carbocycles. The van der Waals surface area contributed by atoms with Crippen LogP contribution in [0, 0.1) is 0 Å². The molecule has 30 heavy (non-hydrogen) atoms. The van der Waals surface area contributed by atoms with Gasteiger partial charge in [-0.15, -0.1) is 5.11 Å². The minimum Gasteiger partial charge on any atom is -0.506 e. The fourth-order valence-electron chi connectivity index (χ4n) is 2.21. The van der Waals surface area contributed by atoms with Crippen molar-refractivity contribution in [2.75, 3.05) is 34.3 Å². The number of hydrogen-bond donors (Lipinski definition) is 3. The molecule has 2 aromatic rings. The maximum atomic E-state index is 12.0. The number of nitrogens with zero attached hydrogens (tertiary/aromatic N) is 3. The third-order valence-electron chi connectivity index (χ3n) is 3.74. The lowest BCUT2D eigenvalue weighted by atomic mass is 10.1. The van der Waals surface area contributed by atoms with Gasteiger partial charge >= 0.3 is 13.8 Å². The van der Waals surface area contributed by atoms with Crippen LogP contribution in [0.3, 0.4) is 0 Å². The van der Waals surface area contributed by atoms with Gasteiger partial charge in [0.05, 0.1) is 33.3 Å². The van der Waals surface area contributed by atoms with Crippen LogP contribution >= 0.6 is 7.82 Å². The molecule has 2 rings (SSSR count). The predicted octanol–water partition coefficient (Wildman–Crippen LogP) is 3.64. The zero-order chi connectivity index (χ0) is 22.4. The van der Waals surface area contributed by atoms with Crippen molar-refractivity contribution >= 4 is 25.2 Å². The lowest BCUT2D eigenvalue weighted by molar-refractivity contribution is -0.870. The van der Waals surface area contributed by atoms with Crippen molar-refractivity contribution in [3.63, 3.8) is 0 Å². The maximum absolute atomic E-state index is 12.0. The third kappa shape index (κ3) is 8.30. The lowest BCUT2D eigenvalue weighted by Gasteiger charge is -2.24. The number of likely N-dealkylation sites (N-methyl/N-ethyl adjacent to an activating group) is 1. The molecule has 0 bridgehead atoms. The second-order valence-electron chi connectivity index (χ2n) is 7.49. The van der Waals surface area contributed by atoms with Crippen LogP contribution in [0.2, 0.25) is 0 Å². The van der Waals surface area contributed by atoms with Gasteiger partial charge in [0.1, 0.15) is 30.3 Å². The van der Waals surface area contributed by atoms with E-state index in [1.807, 2.05) is 21.1 Å². The summed E-state index contributed by atoms with van der Waals surface area (Å²) in [5.41, 5.74) is 0.991. The maximum Gasteiger partial charge on any atom is 0.527 e. The summed E-state index contributed by atoms with van der Waals surface area (Å²) in [7, 11) is 1.55. The number of benzene rings is 2. The van der Waals surface area contributed by atoms with Crippen LogP contribution in [-0.4, -0.2) is 59.9 Å². The molecule has 3 N–H and O–H groups in total. The molecule has 0 spiro atoms. The summed E-state index contributed by atoms with van der Waals surface area (Å²) >= 11 is 0. The zero-order valence-corrected chi connectivity index (χ0v) is 17.8. The largest absolute Gasteiger partial charge is 0.527 e. The summed E-state index contributed by atoms with van der Waals surface area (Å²) in [6, 6.07) is 10.1. The van der Waals surface area contributed by atoms with Gasteiger partial charge in [0.2, 0.25) is 0 Å². The molecule has 0 saturated heterocycles. The molecule has 0 radical (unpaired) electrons. The number of carbonyl (C=O) groups is 1. The normalized spacial score (nSPS) is 13.9. The molecule has 1 unspecified atom stereocenters. The van der Waals surface area contributed by atoms with Crippen molar-refractivity contribution in [2.24, 2.45) is 10.2 Å². The van der Waals surface area contributed by atoms with Crippen molar-refractivity contribution < 1.29 is 38.0 Å². The number of phosphoric ester groups is 1. The van der Waals surface area contributed by atoms with Gasteiger partial charge in [-0.05, 0) is 42.0 Å². The Balaban J connectivity index is 2.01. The summed E-state index contributed by atoms with van der Waals surface area (Å²) in [5.74, 6) is -1.02. The van der Waals surface area contributed by atoms with E-state index in [0.717, 1.165) is 0 Å². The Hall–Kier alpha value is -2.78. The molecule has 0 aliphatic heterocycles. The Kier molecular flexibility index (Phi) is 7.69. The SMILES string of the molecule is C[N+](C)(C)CCOP(=O)(O)Oc1ccc(N=Nc2cc(CC(=O)O)ccc2O)cc1. The second kappa shape index (κ2) is 9.82. The fourth-order valence-corrected chi connectivity index (χ4v) is 2.96. The van der Waals surface area contributed by atoms with Gasteiger partial charge in [-0.1, -0.05) is 6.07 Å². The number of phenolic OH excluding ortho intramolecular Hbond substituents is 1. The van der Waals surface area contributed by atoms with Crippen molar-refractivity contribution in [1.29, 1.82) is 0 Å². The number of azo groups is 1. The summed E-state index contributed by atoms with van der Waals surface area (Å²) in [6.07, 6.45) is -0.201. The molecule has 1 atom stereocenters. The first-order valence-corrected chi connectivity index (χ1v) is 10.5. The van der Waals surface area contributed by atoms with Crippen molar-refractivity contribution in [1.82, 2.24) is 0 Å². The predicted molar refractivity (Wildman–Crippen MR) is 109 cm³/mol. The zero-order valence-electron chi connectivity index (χ0n) is 16.9. The molecule has 162 valence electrons. The van der Waals surface area contributed by atoms with E-state index in [2.05, 4.69) is 10.2 Å².